The molecule has 3 aromatic carbocycles. The van der Waals surface area contributed by atoms with Crippen molar-refractivity contribution in [2.24, 2.45) is 0 Å². The van der Waals surface area contributed by atoms with Crippen LogP contribution < -0.4 is 5.32 Å². The topological polar surface area (TPSA) is 102 Å². The quantitative estimate of drug-likeness (QED) is 0.193. The molecule has 0 radical (unpaired) electrons. The van der Waals surface area contributed by atoms with Crippen LogP contribution in [0.3, 0.4) is 0 Å². The van der Waals surface area contributed by atoms with Crippen molar-refractivity contribution < 1.29 is 24.5 Å². The maximum atomic E-state index is 14.1. The van der Waals surface area contributed by atoms with E-state index in [-0.39, 0.29) is 18.7 Å². The van der Waals surface area contributed by atoms with Gasteiger partial charge in [0.15, 0.2) is 0 Å². The van der Waals surface area contributed by atoms with Gasteiger partial charge in [0.05, 0.1) is 24.3 Å². The molecule has 5 rings (SSSR count). The largest absolute Gasteiger partial charge is 0.444 e. The summed E-state index contributed by atoms with van der Waals surface area (Å²) in [6, 6.07) is 24.9. The number of thioether (sulfide) groups is 1. The molecule has 1 saturated heterocycles. The van der Waals surface area contributed by atoms with Crippen molar-refractivity contribution in [2.75, 3.05) is 31.1 Å². The molecule has 3 aromatic rings. The van der Waals surface area contributed by atoms with Gasteiger partial charge >= 0.3 is 6.09 Å². The maximum Gasteiger partial charge on any atom is 0.407 e. The van der Waals surface area contributed by atoms with E-state index in [1.165, 1.54) is 30.2 Å². The molecule has 9 heteroatoms. The Morgan fingerprint density at radius 2 is 1.63 bits per heavy atom. The normalized spacial score (nSPS) is 19.1. The molecule has 3 N–H and O–H groups in total. The van der Waals surface area contributed by atoms with E-state index in [0.717, 1.165) is 41.6 Å². The van der Waals surface area contributed by atoms with Crippen LogP contribution in [0.1, 0.15) is 73.9 Å². The summed E-state index contributed by atoms with van der Waals surface area (Å²) >= 11 is 2.03. The third-order valence-electron chi connectivity index (χ3n) is 9.36. The highest BCUT2D eigenvalue weighted by molar-refractivity contribution is 7.99. The number of rotatable bonds is 14. The number of alkyl carbamates (subject to hydrolysis) is 1. The van der Waals surface area contributed by atoms with Crippen LogP contribution in [0.25, 0.3) is 0 Å². The van der Waals surface area contributed by atoms with Gasteiger partial charge in [-0.1, -0.05) is 78.9 Å². The molecule has 0 saturated carbocycles. The van der Waals surface area contributed by atoms with Crippen LogP contribution in [-0.2, 0) is 35.3 Å². The number of amides is 2. The van der Waals surface area contributed by atoms with Gasteiger partial charge in [-0.25, -0.2) is 4.79 Å². The number of nitrogens with zero attached hydrogens (tertiary/aromatic N) is 2. The van der Waals surface area contributed by atoms with Gasteiger partial charge in [-0.05, 0) is 80.8 Å². The predicted molar refractivity (Wildman–Crippen MR) is 197 cm³/mol. The Morgan fingerprint density at radius 3 is 2.35 bits per heavy atom. The van der Waals surface area contributed by atoms with Gasteiger partial charge < -0.3 is 30.1 Å². The molecule has 1 fully saturated rings. The van der Waals surface area contributed by atoms with Crippen LogP contribution >= 0.6 is 11.8 Å². The smallest absolute Gasteiger partial charge is 0.407 e. The highest BCUT2D eigenvalue weighted by Crippen LogP contribution is 2.37. The predicted octanol–water partition coefficient (Wildman–Crippen LogP) is 5.93. The number of carbonyl (C=O) groups is 2. The third-order valence-corrected chi connectivity index (χ3v) is 10.3. The van der Waals surface area contributed by atoms with Crippen molar-refractivity contribution in [2.45, 2.75) is 95.7 Å². The fourth-order valence-electron chi connectivity index (χ4n) is 6.84. The van der Waals surface area contributed by atoms with E-state index in [1.54, 1.807) is 25.7 Å². The number of fused-ring (bicyclic) bond motifs is 1. The number of ether oxygens (including phenoxy) is 1. The molecule has 49 heavy (non-hydrogen) atoms. The summed E-state index contributed by atoms with van der Waals surface area (Å²) < 4.78 is 5.49. The molecule has 0 bridgehead atoms. The first kappa shape index (κ1) is 36.9. The number of benzene rings is 3. The minimum Gasteiger partial charge on any atom is -0.444 e. The van der Waals surface area contributed by atoms with E-state index in [9.17, 15) is 19.8 Å². The van der Waals surface area contributed by atoms with Crippen LogP contribution in [-0.4, -0.2) is 87.0 Å². The summed E-state index contributed by atoms with van der Waals surface area (Å²) in [5.74, 6) is 2.29. The SMILES string of the molecule is CC(C)(C)OC(=O)N[C@@H](Cc1ccccc1)[C@@H](O)CCC(=O)N(Cc1ccc(CCCN2CCSCC2)cc1)[C@H]1c2ccccc2C[C@H]1O. The van der Waals surface area contributed by atoms with E-state index < -0.39 is 36.0 Å². The van der Waals surface area contributed by atoms with Crippen molar-refractivity contribution >= 4 is 23.8 Å². The maximum absolute atomic E-state index is 14.1. The average Bonchev–Trinajstić information content (AvgIpc) is 3.41. The van der Waals surface area contributed by atoms with Crippen molar-refractivity contribution in [3.8, 4) is 0 Å². The van der Waals surface area contributed by atoms with Crippen LogP contribution in [0.15, 0.2) is 78.9 Å². The highest BCUT2D eigenvalue weighted by Gasteiger charge is 2.38. The van der Waals surface area contributed by atoms with Crippen LogP contribution in [0.5, 0.6) is 0 Å². The van der Waals surface area contributed by atoms with Crippen LogP contribution in [0.4, 0.5) is 4.79 Å². The van der Waals surface area contributed by atoms with Gasteiger partial charge in [0, 0.05) is 44.0 Å². The Labute approximate surface area is 296 Å². The first-order valence-corrected chi connectivity index (χ1v) is 18.9. The lowest BCUT2D eigenvalue weighted by atomic mass is 9.97. The molecule has 264 valence electrons. The van der Waals surface area contributed by atoms with Gasteiger partial charge in [-0.15, -0.1) is 0 Å². The molecule has 0 unspecified atom stereocenters. The van der Waals surface area contributed by atoms with Gasteiger partial charge in [-0.3, -0.25) is 4.79 Å². The zero-order valence-corrected chi connectivity index (χ0v) is 30.0. The van der Waals surface area contributed by atoms with Gasteiger partial charge in [0.25, 0.3) is 0 Å². The van der Waals surface area contributed by atoms with Crippen molar-refractivity contribution in [1.82, 2.24) is 15.1 Å². The summed E-state index contributed by atoms with van der Waals surface area (Å²) in [5.41, 5.74) is 4.55. The Hall–Kier alpha value is -3.37. The van der Waals surface area contributed by atoms with Crippen LogP contribution in [0.2, 0.25) is 0 Å². The molecule has 2 amide bonds. The zero-order valence-electron chi connectivity index (χ0n) is 29.2. The molecule has 1 aliphatic heterocycles. The molecule has 2 aliphatic rings. The Bertz CT molecular complexity index is 1490. The molecule has 8 nitrogen and oxygen atoms in total. The first-order valence-electron chi connectivity index (χ1n) is 17.7. The fourth-order valence-corrected chi connectivity index (χ4v) is 7.81. The summed E-state index contributed by atoms with van der Waals surface area (Å²) in [4.78, 5) is 31.2. The molecule has 1 heterocycles. The number of aliphatic hydroxyl groups is 2. The standard InChI is InChI=1S/C40H53N3O5S/c1-40(2,3)48-39(47)41-34(26-30-10-5-4-6-11-30)35(44)19-20-37(46)43(38-33-14-8-7-13-32(33)27-36(38)45)28-31-17-15-29(16-18-31)12-9-21-42-22-24-49-25-23-42/h4-8,10-11,13-18,34-36,38,44-45H,9,12,19-28H2,1-3H3,(H,41,47)/t34-,35-,36+,38-/m0/s1. The van der Waals surface area contributed by atoms with Gasteiger partial charge in [-0.2, -0.15) is 11.8 Å². The van der Waals surface area contributed by atoms with Gasteiger partial charge in [0.2, 0.25) is 5.91 Å². The molecule has 4 atom stereocenters. The minimum atomic E-state index is -0.998. The number of hydrogen-bond acceptors (Lipinski definition) is 7. The number of carbonyl (C=O) groups excluding carboxylic acids is 2. The summed E-state index contributed by atoms with van der Waals surface area (Å²) in [7, 11) is 0. The second-order valence-corrected chi connectivity index (χ2v) is 15.6. The van der Waals surface area contributed by atoms with E-state index >= 15 is 0 Å². The second-order valence-electron chi connectivity index (χ2n) is 14.4. The van der Waals surface area contributed by atoms with Crippen molar-refractivity contribution in [1.29, 1.82) is 0 Å². The lowest BCUT2D eigenvalue weighted by molar-refractivity contribution is -0.137. The van der Waals surface area contributed by atoms with Crippen molar-refractivity contribution in [3.05, 3.63) is 107 Å². The number of aliphatic hydroxyl groups excluding tert-OH is 2. The highest BCUT2D eigenvalue weighted by atomic mass is 32.2. The summed E-state index contributed by atoms with van der Waals surface area (Å²) in [6.45, 7) is 9.20. The lowest BCUT2D eigenvalue weighted by Gasteiger charge is -2.33. The summed E-state index contributed by atoms with van der Waals surface area (Å²) in [5, 5.41) is 25.5. The Morgan fingerprint density at radius 1 is 0.959 bits per heavy atom. The summed E-state index contributed by atoms with van der Waals surface area (Å²) in [6.07, 6.45) is 0.873. The van der Waals surface area contributed by atoms with E-state index in [1.807, 2.05) is 66.4 Å². The van der Waals surface area contributed by atoms with Crippen molar-refractivity contribution in [3.63, 3.8) is 0 Å². The monoisotopic (exact) mass is 687 g/mol. The third kappa shape index (κ3) is 11.1. The Balaban J connectivity index is 1.27. The second kappa shape index (κ2) is 17.5. The molecule has 0 aromatic heterocycles. The molecular formula is C40H53N3O5S. The van der Waals surface area contributed by atoms with Crippen LogP contribution in [0, 0.1) is 0 Å². The number of aryl methyl sites for hydroxylation is 1. The minimum absolute atomic E-state index is 0.0565. The fraction of sp³-hybridized carbons (Fsp3) is 0.500. The lowest BCUT2D eigenvalue weighted by Crippen LogP contribution is -2.47. The van der Waals surface area contributed by atoms with E-state index in [2.05, 4.69) is 34.5 Å². The van der Waals surface area contributed by atoms with E-state index in [4.69, 9.17) is 4.74 Å². The van der Waals surface area contributed by atoms with E-state index in [0.29, 0.717) is 19.4 Å². The molecule has 1 aliphatic carbocycles. The molecular weight excluding hydrogens is 635 g/mol. The Kier molecular flexibility index (Phi) is 13.2. The molecule has 0 spiro atoms. The average molecular weight is 688 g/mol. The number of hydrogen-bond donors (Lipinski definition) is 3. The van der Waals surface area contributed by atoms with Gasteiger partial charge in [0.1, 0.15) is 5.60 Å². The first-order chi connectivity index (χ1) is 23.6. The zero-order chi connectivity index (χ0) is 34.8. The number of nitrogens with one attached hydrogen (secondary N) is 1.